The summed E-state index contributed by atoms with van der Waals surface area (Å²) < 4.78 is 5.00. The van der Waals surface area contributed by atoms with Crippen LogP contribution in [0.2, 0.25) is 0 Å². The lowest BCUT2D eigenvalue weighted by molar-refractivity contribution is 0.761. The van der Waals surface area contributed by atoms with Crippen LogP contribution in [0.1, 0.15) is 29.2 Å². The molecule has 0 fully saturated rings. The third-order valence-electron chi connectivity index (χ3n) is 13.4. The normalized spacial score (nSPS) is 14.8. The van der Waals surface area contributed by atoms with E-state index in [1.54, 1.807) is 0 Å². The number of aromatic nitrogens is 1. The smallest absolute Gasteiger partial charge is 0.0713 e. The van der Waals surface area contributed by atoms with Crippen molar-refractivity contribution in [3.63, 3.8) is 0 Å². The van der Waals surface area contributed by atoms with Gasteiger partial charge >= 0.3 is 0 Å². The minimum atomic E-state index is -0.538. The molecule has 9 aromatic carbocycles. The summed E-state index contributed by atoms with van der Waals surface area (Å²) in [6.07, 6.45) is 6.48. The fraction of sp³-hybridized carbons (Fsp3) is 0.0323. The van der Waals surface area contributed by atoms with Crippen molar-refractivity contribution in [3.05, 3.63) is 271 Å². The molecule has 3 heteroatoms. The number of para-hydroxylation sites is 2. The summed E-state index contributed by atoms with van der Waals surface area (Å²) in [5.41, 5.74) is 16.0. The molecular weight excluding hydrogens is 805 g/mol. The zero-order chi connectivity index (χ0) is 43.5. The Kier molecular flexibility index (Phi) is 9.33. The molecule has 0 radical (unpaired) electrons. The number of allylic oxidation sites excluding steroid dienone is 5. The molecule has 1 atom stereocenters. The highest BCUT2D eigenvalue weighted by molar-refractivity contribution is 7.26. The zero-order valence-electron chi connectivity index (χ0n) is 36.0. The highest BCUT2D eigenvalue weighted by Gasteiger charge is 2.46. The molecule has 2 aromatic heterocycles. The van der Waals surface area contributed by atoms with Gasteiger partial charge in [0.15, 0.2) is 0 Å². The van der Waals surface area contributed by atoms with Crippen LogP contribution in [0, 0.1) is 0 Å². The van der Waals surface area contributed by atoms with Gasteiger partial charge in [-0.25, -0.2) is 0 Å². The Morgan fingerprint density at radius 2 is 1.09 bits per heavy atom. The van der Waals surface area contributed by atoms with Crippen molar-refractivity contribution >= 4 is 76.0 Å². The maximum atomic E-state index is 4.34. The van der Waals surface area contributed by atoms with Gasteiger partial charge in [0.2, 0.25) is 0 Å². The van der Waals surface area contributed by atoms with Gasteiger partial charge < -0.3 is 9.47 Å². The first kappa shape index (κ1) is 38.7. The highest BCUT2D eigenvalue weighted by Crippen LogP contribution is 2.55. The van der Waals surface area contributed by atoms with Crippen LogP contribution < -0.4 is 4.90 Å². The second-order valence-corrected chi connectivity index (χ2v) is 17.8. The van der Waals surface area contributed by atoms with Crippen molar-refractivity contribution in [2.75, 3.05) is 4.90 Å². The van der Waals surface area contributed by atoms with E-state index >= 15 is 0 Å². The van der Waals surface area contributed by atoms with Crippen molar-refractivity contribution in [1.82, 2.24) is 4.57 Å². The fourth-order valence-electron chi connectivity index (χ4n) is 10.7. The maximum absolute atomic E-state index is 4.34. The van der Waals surface area contributed by atoms with E-state index < -0.39 is 5.41 Å². The Bertz CT molecular complexity index is 3630. The summed E-state index contributed by atoms with van der Waals surface area (Å²) in [4.78, 5) is 2.41. The molecule has 12 rings (SSSR count). The molecule has 0 amide bonds. The molecule has 1 aliphatic rings. The van der Waals surface area contributed by atoms with E-state index in [1.165, 1.54) is 86.5 Å². The van der Waals surface area contributed by atoms with Gasteiger partial charge in [0.1, 0.15) is 0 Å². The lowest BCUT2D eigenvalue weighted by Gasteiger charge is -2.35. The maximum Gasteiger partial charge on any atom is 0.0713 e. The lowest BCUT2D eigenvalue weighted by Crippen LogP contribution is -2.29. The van der Waals surface area contributed by atoms with Gasteiger partial charge in [0.05, 0.1) is 16.4 Å². The van der Waals surface area contributed by atoms with Crippen LogP contribution in [0.15, 0.2) is 249 Å². The van der Waals surface area contributed by atoms with Crippen LogP contribution in [0.4, 0.5) is 17.1 Å². The van der Waals surface area contributed by atoms with Gasteiger partial charge in [-0.3, -0.25) is 0 Å². The van der Waals surface area contributed by atoms with Crippen molar-refractivity contribution in [2.24, 2.45) is 0 Å². The number of rotatable bonds is 9. The zero-order valence-corrected chi connectivity index (χ0v) is 36.8. The predicted molar refractivity (Wildman–Crippen MR) is 278 cm³/mol. The van der Waals surface area contributed by atoms with Gasteiger partial charge in [-0.05, 0) is 118 Å². The second kappa shape index (κ2) is 15.7. The molecule has 0 bridgehead atoms. The fourth-order valence-corrected chi connectivity index (χ4v) is 11.9. The van der Waals surface area contributed by atoms with Crippen LogP contribution >= 0.6 is 11.3 Å². The predicted octanol–water partition coefficient (Wildman–Crippen LogP) is 17.2. The van der Waals surface area contributed by atoms with E-state index in [2.05, 4.69) is 254 Å². The van der Waals surface area contributed by atoms with E-state index in [9.17, 15) is 0 Å². The molecule has 0 spiro atoms. The number of hydrogen-bond acceptors (Lipinski definition) is 2. The summed E-state index contributed by atoms with van der Waals surface area (Å²) in [5.74, 6) is 0. The first-order chi connectivity index (χ1) is 32.2. The molecule has 11 aromatic rings. The van der Waals surface area contributed by atoms with Gasteiger partial charge in [-0.2, -0.15) is 0 Å². The van der Waals surface area contributed by atoms with Crippen LogP contribution in [-0.2, 0) is 5.41 Å². The largest absolute Gasteiger partial charge is 0.310 e. The minimum absolute atomic E-state index is 0.538. The monoisotopic (exact) mass is 848 g/mol. The van der Waals surface area contributed by atoms with Gasteiger partial charge in [-0.15, -0.1) is 11.3 Å². The van der Waals surface area contributed by atoms with Crippen LogP contribution in [-0.4, -0.2) is 4.57 Å². The second-order valence-electron chi connectivity index (χ2n) is 16.8. The average molecular weight is 849 g/mol. The standard InChI is InChI=1S/C62H44N2S/c1-3-18-56-49(4-2)51-23-8-12-29-57(51)62(56,43-20-6-5-7-21-43)44-33-35-45(36-34-44)63(46-37-39-47(40-38-46)64-58-30-13-9-24-52(58)53-25-10-14-31-59(53)64)48-22-16-19-42(41-48)50-27-17-28-55-54-26-11-15-32-60(54)65-61(50)55/h3-41H,2H2,1H3/b18-3-. The first-order valence-electron chi connectivity index (χ1n) is 22.3. The lowest BCUT2D eigenvalue weighted by atomic mass is 9.66. The summed E-state index contributed by atoms with van der Waals surface area (Å²) >= 11 is 1.87. The summed E-state index contributed by atoms with van der Waals surface area (Å²) in [6.45, 7) is 6.45. The molecule has 1 unspecified atom stereocenters. The Morgan fingerprint density at radius 3 is 1.82 bits per heavy atom. The Labute approximate surface area is 383 Å². The average Bonchev–Trinajstić information content (AvgIpc) is 4.01. The molecule has 1 aliphatic carbocycles. The van der Waals surface area contributed by atoms with Crippen LogP contribution in [0.3, 0.4) is 0 Å². The molecule has 2 heterocycles. The van der Waals surface area contributed by atoms with Gasteiger partial charge in [0.25, 0.3) is 0 Å². The number of nitrogens with zero attached hydrogens (tertiary/aromatic N) is 2. The number of thiophene rings is 1. The summed E-state index contributed by atoms with van der Waals surface area (Å²) in [5, 5.41) is 5.12. The van der Waals surface area contributed by atoms with E-state index in [0.29, 0.717) is 0 Å². The van der Waals surface area contributed by atoms with E-state index in [0.717, 1.165) is 22.7 Å². The third kappa shape index (κ3) is 6.00. The van der Waals surface area contributed by atoms with E-state index in [1.807, 2.05) is 17.4 Å². The van der Waals surface area contributed by atoms with Crippen molar-refractivity contribution in [1.29, 1.82) is 0 Å². The van der Waals surface area contributed by atoms with Gasteiger partial charge in [-0.1, -0.05) is 176 Å². The number of benzene rings is 9. The molecular formula is C62H44N2S. The number of anilines is 3. The van der Waals surface area contributed by atoms with E-state index in [-0.39, 0.29) is 0 Å². The molecule has 2 nitrogen and oxygen atoms in total. The van der Waals surface area contributed by atoms with Crippen molar-refractivity contribution in [2.45, 2.75) is 12.3 Å². The molecule has 0 aliphatic heterocycles. The SMILES string of the molecule is C=CC1=C(/C=C\C)C(c2ccccc2)(c2ccc(N(c3ccc(-n4c5ccccc5c5ccccc54)cc3)c3cccc(-c4cccc5c4sc4ccccc45)c3)cc2)c2ccccc21. The van der Waals surface area contributed by atoms with Crippen LogP contribution in [0.25, 0.3) is 64.4 Å². The summed E-state index contributed by atoms with van der Waals surface area (Å²) in [7, 11) is 0. The molecule has 0 N–H and O–H groups in total. The molecule has 0 saturated carbocycles. The molecule has 65 heavy (non-hydrogen) atoms. The van der Waals surface area contributed by atoms with Crippen LogP contribution in [0.5, 0.6) is 0 Å². The Balaban J connectivity index is 1.04. The topological polar surface area (TPSA) is 8.17 Å². The highest BCUT2D eigenvalue weighted by atomic mass is 32.1. The number of fused-ring (bicyclic) bond motifs is 7. The summed E-state index contributed by atoms with van der Waals surface area (Å²) in [6, 6.07) is 80.1. The number of hydrogen-bond donors (Lipinski definition) is 0. The van der Waals surface area contributed by atoms with Crippen molar-refractivity contribution < 1.29 is 0 Å². The van der Waals surface area contributed by atoms with Gasteiger partial charge in [0, 0.05) is 53.7 Å². The molecule has 308 valence electrons. The Morgan fingerprint density at radius 1 is 0.508 bits per heavy atom. The third-order valence-corrected chi connectivity index (χ3v) is 14.6. The Hall–Kier alpha value is -7.98. The van der Waals surface area contributed by atoms with E-state index in [4.69, 9.17) is 0 Å². The molecule has 0 saturated heterocycles. The minimum Gasteiger partial charge on any atom is -0.310 e. The quantitative estimate of drug-likeness (QED) is 0.140. The first-order valence-corrected chi connectivity index (χ1v) is 23.1. The van der Waals surface area contributed by atoms with Crippen molar-refractivity contribution in [3.8, 4) is 16.8 Å².